The average Bonchev–Trinajstić information content (AvgIpc) is 2.67. The largest absolute Gasteiger partial charge is 0.497 e. The van der Waals surface area contributed by atoms with Gasteiger partial charge in [0.2, 0.25) is 11.8 Å². The lowest BCUT2D eigenvalue weighted by atomic mass is 9.96. The smallest absolute Gasteiger partial charge is 0.234 e. The number of nitrogens with zero attached hydrogens (tertiary/aromatic N) is 1. The number of ether oxygens (including phenoxy) is 1. The number of carbonyl (C=O) groups excluding carboxylic acids is 2. The molecule has 1 aliphatic rings. The van der Waals surface area contributed by atoms with E-state index in [1.165, 1.54) is 0 Å². The van der Waals surface area contributed by atoms with Gasteiger partial charge in [-0.15, -0.1) is 0 Å². The highest BCUT2D eigenvalue weighted by Crippen LogP contribution is 2.24. The fraction of sp³-hybridized carbons (Fsp3) is 0.636. The molecular formula is C22H35N3O3. The van der Waals surface area contributed by atoms with Crippen molar-refractivity contribution in [1.29, 1.82) is 0 Å². The predicted molar refractivity (Wildman–Crippen MR) is 111 cm³/mol. The number of benzene rings is 1. The quantitative estimate of drug-likeness (QED) is 0.717. The third-order valence-corrected chi connectivity index (χ3v) is 5.28. The van der Waals surface area contributed by atoms with E-state index in [1.54, 1.807) is 7.11 Å². The van der Waals surface area contributed by atoms with Crippen LogP contribution in [0.3, 0.4) is 0 Å². The Bertz CT molecular complexity index is 635. The zero-order valence-corrected chi connectivity index (χ0v) is 17.8. The van der Waals surface area contributed by atoms with Crippen molar-refractivity contribution in [3.05, 3.63) is 29.8 Å². The van der Waals surface area contributed by atoms with Crippen molar-refractivity contribution in [3.63, 3.8) is 0 Å². The third kappa shape index (κ3) is 6.51. The molecule has 0 spiro atoms. The molecular weight excluding hydrogens is 354 g/mol. The molecule has 0 aliphatic carbocycles. The summed E-state index contributed by atoms with van der Waals surface area (Å²) in [6.07, 6.45) is 1.77. The van der Waals surface area contributed by atoms with E-state index < -0.39 is 0 Å². The number of rotatable bonds is 8. The topological polar surface area (TPSA) is 70.7 Å². The second kappa shape index (κ2) is 10.5. The highest BCUT2D eigenvalue weighted by molar-refractivity contribution is 5.79. The van der Waals surface area contributed by atoms with Crippen molar-refractivity contribution >= 4 is 11.8 Å². The van der Waals surface area contributed by atoms with E-state index in [4.69, 9.17) is 4.74 Å². The summed E-state index contributed by atoms with van der Waals surface area (Å²) in [6, 6.07) is 8.05. The molecule has 1 fully saturated rings. The van der Waals surface area contributed by atoms with E-state index in [0.717, 1.165) is 37.2 Å². The van der Waals surface area contributed by atoms with Crippen molar-refractivity contribution in [2.75, 3.05) is 26.7 Å². The van der Waals surface area contributed by atoms with Crippen LogP contribution in [0, 0.1) is 11.8 Å². The Morgan fingerprint density at radius 2 is 1.71 bits per heavy atom. The van der Waals surface area contributed by atoms with Gasteiger partial charge in [-0.1, -0.05) is 39.8 Å². The molecule has 1 aromatic rings. The van der Waals surface area contributed by atoms with Gasteiger partial charge in [0, 0.05) is 25.0 Å². The number of piperidine rings is 1. The molecule has 2 amide bonds. The maximum absolute atomic E-state index is 12.6. The lowest BCUT2D eigenvalue weighted by Crippen LogP contribution is -2.48. The Morgan fingerprint density at radius 3 is 2.21 bits per heavy atom. The van der Waals surface area contributed by atoms with Crippen molar-refractivity contribution < 1.29 is 14.3 Å². The molecule has 6 nitrogen and oxygen atoms in total. The van der Waals surface area contributed by atoms with Crippen molar-refractivity contribution in [3.8, 4) is 5.75 Å². The average molecular weight is 390 g/mol. The van der Waals surface area contributed by atoms with Gasteiger partial charge in [-0.2, -0.15) is 0 Å². The van der Waals surface area contributed by atoms with Crippen LogP contribution in [0.2, 0.25) is 0 Å². The van der Waals surface area contributed by atoms with E-state index in [2.05, 4.69) is 29.4 Å². The number of likely N-dealkylation sites (tertiary alicyclic amines) is 1. The summed E-state index contributed by atoms with van der Waals surface area (Å²) >= 11 is 0. The van der Waals surface area contributed by atoms with Gasteiger partial charge in [-0.05, 0) is 36.5 Å². The summed E-state index contributed by atoms with van der Waals surface area (Å²) < 4.78 is 5.22. The maximum Gasteiger partial charge on any atom is 0.234 e. The maximum atomic E-state index is 12.6. The van der Waals surface area contributed by atoms with Crippen LogP contribution in [0.15, 0.2) is 24.3 Å². The molecule has 6 heteroatoms. The summed E-state index contributed by atoms with van der Waals surface area (Å²) in [5.41, 5.74) is 1.08. The zero-order valence-electron chi connectivity index (χ0n) is 17.8. The van der Waals surface area contributed by atoms with Gasteiger partial charge in [0.15, 0.2) is 0 Å². The van der Waals surface area contributed by atoms with E-state index in [1.807, 2.05) is 38.1 Å². The van der Waals surface area contributed by atoms with Gasteiger partial charge in [0.25, 0.3) is 0 Å². The molecule has 0 bridgehead atoms. The molecule has 1 saturated heterocycles. The van der Waals surface area contributed by atoms with Crippen LogP contribution in [0.1, 0.15) is 52.1 Å². The summed E-state index contributed by atoms with van der Waals surface area (Å²) in [7, 11) is 1.65. The van der Waals surface area contributed by atoms with Gasteiger partial charge in [-0.3, -0.25) is 14.5 Å². The minimum atomic E-state index is -0.0266. The zero-order chi connectivity index (χ0) is 20.7. The van der Waals surface area contributed by atoms with Gasteiger partial charge in [-0.25, -0.2) is 0 Å². The first-order valence-electron chi connectivity index (χ1n) is 10.3. The predicted octanol–water partition coefficient (Wildman–Crippen LogP) is 2.75. The Kier molecular flexibility index (Phi) is 8.30. The number of hydrogen-bond donors (Lipinski definition) is 2. The molecule has 2 N–H and O–H groups in total. The number of carbonyl (C=O) groups is 2. The molecule has 1 aliphatic heterocycles. The van der Waals surface area contributed by atoms with Crippen molar-refractivity contribution in [2.24, 2.45) is 11.8 Å². The second-order valence-corrected chi connectivity index (χ2v) is 8.28. The van der Waals surface area contributed by atoms with Crippen LogP contribution in [0.4, 0.5) is 0 Å². The number of methoxy groups -OCH3 is 1. The Labute approximate surface area is 169 Å². The third-order valence-electron chi connectivity index (χ3n) is 5.28. The van der Waals surface area contributed by atoms with Crippen LogP contribution < -0.4 is 15.4 Å². The minimum absolute atomic E-state index is 0.00901. The molecule has 1 atom stereocenters. The van der Waals surface area contributed by atoms with Gasteiger partial charge in [0.1, 0.15) is 5.75 Å². The summed E-state index contributed by atoms with van der Waals surface area (Å²) in [6.45, 7) is 10.1. The standard InChI is InChI=1S/C22H35N3O3/c1-15(2)21(17-6-8-19(28-5)9-7-17)24-20(26)14-25-12-10-18(11-13-25)23-22(27)16(3)4/h6-9,15-16,18,21H,10-14H2,1-5H3,(H,23,27)(H,24,26). The fourth-order valence-corrected chi connectivity index (χ4v) is 3.47. The monoisotopic (exact) mass is 389 g/mol. The Balaban J connectivity index is 1.84. The van der Waals surface area contributed by atoms with Crippen LogP contribution in [-0.2, 0) is 9.59 Å². The first-order chi connectivity index (χ1) is 13.3. The fourth-order valence-electron chi connectivity index (χ4n) is 3.47. The molecule has 0 radical (unpaired) electrons. The Morgan fingerprint density at radius 1 is 1.11 bits per heavy atom. The van der Waals surface area contributed by atoms with Crippen LogP contribution in [-0.4, -0.2) is 49.5 Å². The first kappa shape index (κ1) is 22.2. The van der Waals surface area contributed by atoms with E-state index in [-0.39, 0.29) is 35.7 Å². The highest BCUT2D eigenvalue weighted by atomic mass is 16.5. The summed E-state index contributed by atoms with van der Waals surface area (Å²) in [5.74, 6) is 1.25. The summed E-state index contributed by atoms with van der Waals surface area (Å²) in [4.78, 5) is 26.6. The van der Waals surface area contributed by atoms with Gasteiger partial charge < -0.3 is 15.4 Å². The minimum Gasteiger partial charge on any atom is -0.497 e. The molecule has 0 aromatic heterocycles. The SMILES string of the molecule is COc1ccc(C(NC(=O)CN2CCC(NC(=O)C(C)C)CC2)C(C)C)cc1. The van der Waals surface area contributed by atoms with Crippen LogP contribution in [0.5, 0.6) is 5.75 Å². The van der Waals surface area contributed by atoms with Crippen molar-refractivity contribution in [2.45, 2.75) is 52.6 Å². The van der Waals surface area contributed by atoms with Crippen LogP contribution in [0.25, 0.3) is 0 Å². The lowest BCUT2D eigenvalue weighted by molar-refractivity contribution is -0.126. The molecule has 1 heterocycles. The van der Waals surface area contributed by atoms with E-state index in [9.17, 15) is 9.59 Å². The number of hydrogen-bond acceptors (Lipinski definition) is 4. The molecule has 28 heavy (non-hydrogen) atoms. The molecule has 2 rings (SSSR count). The molecule has 0 saturated carbocycles. The number of nitrogens with one attached hydrogen (secondary N) is 2. The lowest BCUT2D eigenvalue weighted by Gasteiger charge is -2.33. The highest BCUT2D eigenvalue weighted by Gasteiger charge is 2.24. The summed E-state index contributed by atoms with van der Waals surface area (Å²) in [5, 5.41) is 6.28. The molecule has 156 valence electrons. The van der Waals surface area contributed by atoms with Gasteiger partial charge in [0.05, 0.1) is 19.7 Å². The molecule has 1 unspecified atom stereocenters. The van der Waals surface area contributed by atoms with E-state index >= 15 is 0 Å². The van der Waals surface area contributed by atoms with Crippen LogP contribution >= 0.6 is 0 Å². The molecule has 1 aromatic carbocycles. The number of amides is 2. The Hall–Kier alpha value is -2.08. The van der Waals surface area contributed by atoms with Crippen molar-refractivity contribution in [1.82, 2.24) is 15.5 Å². The normalized spacial score (nSPS) is 16.8. The van der Waals surface area contributed by atoms with E-state index in [0.29, 0.717) is 6.54 Å². The first-order valence-corrected chi connectivity index (χ1v) is 10.3. The second-order valence-electron chi connectivity index (χ2n) is 8.28. The van der Waals surface area contributed by atoms with Gasteiger partial charge >= 0.3 is 0 Å².